The zero-order chi connectivity index (χ0) is 19.5. The van der Waals surface area contributed by atoms with Gasteiger partial charge in [0.15, 0.2) is 5.69 Å². The first-order valence-corrected chi connectivity index (χ1v) is 9.47. The molecule has 2 aromatic carbocycles. The van der Waals surface area contributed by atoms with Crippen LogP contribution in [0.4, 0.5) is 0 Å². The second kappa shape index (κ2) is 7.66. The molecule has 28 heavy (non-hydrogen) atoms. The van der Waals surface area contributed by atoms with Crippen LogP contribution in [0.3, 0.4) is 0 Å². The van der Waals surface area contributed by atoms with Crippen LogP contribution in [-0.2, 0) is 6.54 Å². The van der Waals surface area contributed by atoms with E-state index < -0.39 is 0 Å². The van der Waals surface area contributed by atoms with Crippen LogP contribution in [0.15, 0.2) is 69.0 Å². The molecule has 0 radical (unpaired) electrons. The van der Waals surface area contributed by atoms with Crippen molar-refractivity contribution in [1.29, 1.82) is 5.26 Å². The Morgan fingerprint density at radius 1 is 1.11 bits per heavy atom. The summed E-state index contributed by atoms with van der Waals surface area (Å²) < 4.78 is 7.11. The van der Waals surface area contributed by atoms with Gasteiger partial charge in [-0.2, -0.15) is 10.4 Å². The van der Waals surface area contributed by atoms with Gasteiger partial charge in [-0.3, -0.25) is 4.79 Å². The molecule has 0 amide bonds. The van der Waals surface area contributed by atoms with Gasteiger partial charge in [-0.25, -0.2) is 4.68 Å². The molecule has 138 valence electrons. The van der Waals surface area contributed by atoms with E-state index in [4.69, 9.17) is 9.68 Å². The number of aromatic nitrogens is 4. The normalized spacial score (nSPS) is 12.0. The fraction of sp³-hybridized carbons (Fsp3) is 0.150. The van der Waals surface area contributed by atoms with Crippen molar-refractivity contribution in [3.05, 3.63) is 70.5 Å². The summed E-state index contributed by atoms with van der Waals surface area (Å²) in [7, 11) is 0. The molecule has 2 aromatic heterocycles. The van der Waals surface area contributed by atoms with E-state index in [1.165, 1.54) is 16.4 Å². The topological polar surface area (TPSA) is 97.6 Å². The fourth-order valence-electron chi connectivity index (χ4n) is 2.79. The maximum Gasteiger partial charge on any atom is 0.278 e. The van der Waals surface area contributed by atoms with E-state index in [9.17, 15) is 4.79 Å². The van der Waals surface area contributed by atoms with Gasteiger partial charge in [-0.05, 0) is 30.3 Å². The van der Waals surface area contributed by atoms with E-state index in [0.29, 0.717) is 23.0 Å². The Morgan fingerprint density at radius 3 is 2.57 bits per heavy atom. The summed E-state index contributed by atoms with van der Waals surface area (Å²) in [6, 6.07) is 18.9. The number of thioether (sulfide) groups is 1. The molecule has 0 bridgehead atoms. The maximum absolute atomic E-state index is 12.9. The minimum absolute atomic E-state index is 0.185. The van der Waals surface area contributed by atoms with Gasteiger partial charge in [0.2, 0.25) is 0 Å². The van der Waals surface area contributed by atoms with E-state index >= 15 is 0 Å². The molecule has 0 unspecified atom stereocenters. The number of hydrogen-bond acceptors (Lipinski definition) is 7. The fourth-order valence-corrected chi connectivity index (χ4v) is 3.36. The lowest BCUT2D eigenvalue weighted by Gasteiger charge is -2.09. The van der Waals surface area contributed by atoms with E-state index in [2.05, 4.69) is 21.4 Å². The van der Waals surface area contributed by atoms with Gasteiger partial charge >= 0.3 is 0 Å². The van der Waals surface area contributed by atoms with Crippen LogP contribution < -0.4 is 5.56 Å². The van der Waals surface area contributed by atoms with Gasteiger partial charge in [0, 0.05) is 5.39 Å². The highest BCUT2D eigenvalue weighted by Crippen LogP contribution is 2.28. The third kappa shape index (κ3) is 3.52. The van der Waals surface area contributed by atoms with Gasteiger partial charge in [0.1, 0.15) is 0 Å². The molecule has 0 aliphatic rings. The number of rotatable bonds is 5. The lowest BCUT2D eigenvalue weighted by Crippen LogP contribution is -2.24. The summed E-state index contributed by atoms with van der Waals surface area (Å²) in [5, 5.41) is 22.7. The van der Waals surface area contributed by atoms with Crippen molar-refractivity contribution in [2.45, 2.75) is 23.9 Å². The zero-order valence-corrected chi connectivity index (χ0v) is 15.8. The maximum atomic E-state index is 12.9. The predicted molar refractivity (Wildman–Crippen MR) is 106 cm³/mol. The molecule has 1 atom stereocenters. The monoisotopic (exact) mass is 389 g/mol. The SMILES string of the molecule is C[C@@H](C#N)Sc1nnc(-c2nn(Cc3ccccc3)c(=O)c3ccccc23)o1. The third-order valence-electron chi connectivity index (χ3n) is 4.11. The lowest BCUT2D eigenvalue weighted by molar-refractivity contribution is 0.462. The number of nitrogens with zero attached hydrogens (tertiary/aromatic N) is 5. The highest BCUT2D eigenvalue weighted by atomic mass is 32.2. The number of fused-ring (bicyclic) bond motifs is 1. The van der Waals surface area contributed by atoms with Crippen LogP contribution in [0.2, 0.25) is 0 Å². The lowest BCUT2D eigenvalue weighted by atomic mass is 10.1. The first-order valence-electron chi connectivity index (χ1n) is 8.59. The summed E-state index contributed by atoms with van der Waals surface area (Å²) in [5.41, 5.74) is 1.22. The standard InChI is InChI=1S/C20H15N5O2S/c1-13(11-21)28-20-23-22-18(27-20)17-15-9-5-6-10-16(15)19(26)25(24-17)12-14-7-3-2-4-8-14/h2-10,13H,12H2,1H3/t13-/m0/s1. The molecule has 8 heteroatoms. The molecule has 0 saturated heterocycles. The zero-order valence-electron chi connectivity index (χ0n) is 14.9. The van der Waals surface area contributed by atoms with Crippen LogP contribution in [-0.4, -0.2) is 25.2 Å². The number of hydrogen-bond donors (Lipinski definition) is 0. The molecule has 0 fully saturated rings. The van der Waals surface area contributed by atoms with Crippen LogP contribution in [0, 0.1) is 11.3 Å². The van der Waals surface area contributed by atoms with Crippen molar-refractivity contribution in [1.82, 2.24) is 20.0 Å². The Bertz CT molecular complexity index is 1230. The van der Waals surface area contributed by atoms with E-state index in [1.807, 2.05) is 42.5 Å². The van der Waals surface area contributed by atoms with Gasteiger partial charge < -0.3 is 4.42 Å². The molecule has 4 aromatic rings. The van der Waals surface area contributed by atoms with Crippen LogP contribution in [0.5, 0.6) is 0 Å². The Hall–Kier alpha value is -3.44. The summed E-state index contributed by atoms with van der Waals surface area (Å²) in [6.45, 7) is 2.08. The Labute approximate surface area is 164 Å². The predicted octanol–water partition coefficient (Wildman–Crippen LogP) is 3.50. The van der Waals surface area contributed by atoms with Gasteiger partial charge in [0.25, 0.3) is 16.7 Å². The van der Waals surface area contributed by atoms with Crippen molar-refractivity contribution < 1.29 is 4.42 Å². The molecular weight excluding hydrogens is 374 g/mol. The van der Waals surface area contributed by atoms with Crippen LogP contribution in [0.25, 0.3) is 22.4 Å². The molecule has 0 saturated carbocycles. The highest BCUT2D eigenvalue weighted by Gasteiger charge is 2.18. The number of benzene rings is 2. The molecule has 0 aliphatic heterocycles. The minimum Gasteiger partial charge on any atom is -0.409 e. The minimum atomic E-state index is -0.315. The first kappa shape index (κ1) is 17.9. The second-order valence-electron chi connectivity index (χ2n) is 6.10. The Balaban J connectivity index is 1.83. The summed E-state index contributed by atoms with van der Waals surface area (Å²) in [4.78, 5) is 12.9. The smallest absolute Gasteiger partial charge is 0.278 e. The van der Waals surface area contributed by atoms with Crippen LogP contribution in [0.1, 0.15) is 12.5 Å². The largest absolute Gasteiger partial charge is 0.409 e. The molecule has 0 aliphatic carbocycles. The summed E-state index contributed by atoms with van der Waals surface area (Å²) in [5.74, 6) is 0.214. The summed E-state index contributed by atoms with van der Waals surface area (Å²) >= 11 is 1.18. The second-order valence-corrected chi connectivity index (χ2v) is 7.40. The van der Waals surface area contributed by atoms with E-state index in [1.54, 1.807) is 19.1 Å². The average Bonchev–Trinajstić information content (AvgIpc) is 3.19. The number of nitriles is 1. The van der Waals surface area contributed by atoms with E-state index in [-0.39, 0.29) is 21.9 Å². The third-order valence-corrected chi connectivity index (χ3v) is 4.94. The van der Waals surface area contributed by atoms with Crippen LogP contribution >= 0.6 is 11.8 Å². The molecule has 4 rings (SSSR count). The molecule has 2 heterocycles. The van der Waals surface area contributed by atoms with E-state index in [0.717, 1.165) is 5.56 Å². The van der Waals surface area contributed by atoms with Crippen molar-refractivity contribution in [3.8, 4) is 17.7 Å². The van der Waals surface area contributed by atoms with Gasteiger partial charge in [-0.1, -0.05) is 48.5 Å². The Kier molecular flexibility index (Phi) is 4.91. The molecule has 0 N–H and O–H groups in total. The van der Waals surface area contributed by atoms with Gasteiger partial charge in [0.05, 0.1) is 23.3 Å². The van der Waals surface area contributed by atoms with Crippen molar-refractivity contribution >= 4 is 22.5 Å². The average molecular weight is 389 g/mol. The van der Waals surface area contributed by atoms with Crippen molar-refractivity contribution in [3.63, 3.8) is 0 Å². The molecular formula is C20H15N5O2S. The Morgan fingerprint density at radius 2 is 1.82 bits per heavy atom. The van der Waals surface area contributed by atoms with Crippen molar-refractivity contribution in [2.75, 3.05) is 0 Å². The quantitative estimate of drug-likeness (QED) is 0.482. The highest BCUT2D eigenvalue weighted by molar-refractivity contribution is 7.99. The summed E-state index contributed by atoms with van der Waals surface area (Å²) in [6.07, 6.45) is 0. The first-order chi connectivity index (χ1) is 13.7. The van der Waals surface area contributed by atoms with Crippen molar-refractivity contribution in [2.24, 2.45) is 0 Å². The molecule has 0 spiro atoms. The molecule has 7 nitrogen and oxygen atoms in total. The van der Waals surface area contributed by atoms with Gasteiger partial charge in [-0.15, -0.1) is 10.2 Å².